The summed E-state index contributed by atoms with van der Waals surface area (Å²) in [5, 5.41) is 4.51. The summed E-state index contributed by atoms with van der Waals surface area (Å²) in [5.41, 5.74) is 7.40. The summed E-state index contributed by atoms with van der Waals surface area (Å²) in [5.74, 6) is 0. The standard InChI is InChI=1S/C11H14ClN3S/c1-11(2,3)15-6-7(13)10(14-15)8-4-5-9(12)16-8/h4-6H,13H2,1-3H3. The lowest BCUT2D eigenvalue weighted by atomic mass is 10.1. The summed E-state index contributed by atoms with van der Waals surface area (Å²) in [6, 6.07) is 3.80. The van der Waals surface area contributed by atoms with Gasteiger partial charge in [0.15, 0.2) is 0 Å². The molecule has 0 aliphatic rings. The average molecular weight is 256 g/mol. The van der Waals surface area contributed by atoms with Crippen LogP contribution in [0.4, 0.5) is 5.69 Å². The number of nitrogen functional groups attached to an aromatic ring is 1. The van der Waals surface area contributed by atoms with Crippen molar-refractivity contribution >= 4 is 28.6 Å². The van der Waals surface area contributed by atoms with Gasteiger partial charge in [0, 0.05) is 6.20 Å². The summed E-state index contributed by atoms with van der Waals surface area (Å²) < 4.78 is 2.63. The van der Waals surface area contributed by atoms with Crippen LogP contribution in [0, 0.1) is 0 Å². The van der Waals surface area contributed by atoms with Crippen LogP contribution < -0.4 is 5.73 Å². The van der Waals surface area contributed by atoms with E-state index in [4.69, 9.17) is 17.3 Å². The Hall–Kier alpha value is -1.00. The molecule has 0 aromatic carbocycles. The van der Waals surface area contributed by atoms with Gasteiger partial charge in [-0.25, -0.2) is 0 Å². The predicted octanol–water partition coefficient (Wildman–Crippen LogP) is 3.60. The lowest BCUT2D eigenvalue weighted by Crippen LogP contribution is -2.22. The Morgan fingerprint density at radius 3 is 2.50 bits per heavy atom. The molecular weight excluding hydrogens is 242 g/mol. The van der Waals surface area contributed by atoms with Gasteiger partial charge in [0.2, 0.25) is 0 Å². The van der Waals surface area contributed by atoms with Crippen molar-refractivity contribution in [3.8, 4) is 10.6 Å². The van der Waals surface area contributed by atoms with Gasteiger partial charge in [-0.15, -0.1) is 11.3 Å². The van der Waals surface area contributed by atoms with Crippen LogP contribution in [0.5, 0.6) is 0 Å². The van der Waals surface area contributed by atoms with Gasteiger partial charge >= 0.3 is 0 Å². The summed E-state index contributed by atoms with van der Waals surface area (Å²) in [6.07, 6.45) is 1.86. The average Bonchev–Trinajstić information content (AvgIpc) is 2.70. The highest BCUT2D eigenvalue weighted by molar-refractivity contribution is 7.19. The van der Waals surface area contributed by atoms with Crippen molar-refractivity contribution in [3.05, 3.63) is 22.7 Å². The normalized spacial score (nSPS) is 12.0. The third kappa shape index (κ3) is 2.08. The fraction of sp³-hybridized carbons (Fsp3) is 0.364. The van der Waals surface area contributed by atoms with Crippen LogP contribution in [0.3, 0.4) is 0 Å². The third-order valence-electron chi connectivity index (χ3n) is 2.24. The molecule has 0 aliphatic heterocycles. The molecule has 0 radical (unpaired) electrons. The zero-order valence-electron chi connectivity index (χ0n) is 9.49. The second-order valence-electron chi connectivity index (χ2n) is 4.65. The molecule has 3 nitrogen and oxygen atoms in total. The van der Waals surface area contributed by atoms with Crippen molar-refractivity contribution in [1.29, 1.82) is 0 Å². The van der Waals surface area contributed by atoms with E-state index < -0.39 is 0 Å². The Balaban J connectivity index is 2.47. The van der Waals surface area contributed by atoms with Crippen LogP contribution in [-0.4, -0.2) is 9.78 Å². The maximum atomic E-state index is 5.96. The van der Waals surface area contributed by atoms with Gasteiger partial charge in [0.1, 0.15) is 5.69 Å². The number of nitrogens with zero attached hydrogens (tertiary/aromatic N) is 2. The number of halogens is 1. The first-order valence-corrected chi connectivity index (χ1v) is 6.19. The van der Waals surface area contributed by atoms with Crippen LogP contribution in [-0.2, 0) is 5.54 Å². The van der Waals surface area contributed by atoms with Crippen LogP contribution in [0.25, 0.3) is 10.6 Å². The Labute approximate surface area is 104 Å². The fourth-order valence-corrected chi connectivity index (χ4v) is 2.41. The lowest BCUT2D eigenvalue weighted by molar-refractivity contribution is 0.356. The second-order valence-corrected chi connectivity index (χ2v) is 6.37. The highest BCUT2D eigenvalue weighted by Gasteiger charge is 2.18. The first-order valence-electron chi connectivity index (χ1n) is 4.99. The van der Waals surface area contributed by atoms with Crippen LogP contribution in [0.1, 0.15) is 20.8 Å². The van der Waals surface area contributed by atoms with Gasteiger partial charge in [-0.2, -0.15) is 5.10 Å². The summed E-state index contributed by atoms with van der Waals surface area (Å²) in [6.45, 7) is 6.26. The van der Waals surface area contributed by atoms with Crippen molar-refractivity contribution in [2.24, 2.45) is 0 Å². The number of rotatable bonds is 1. The Bertz CT molecular complexity index is 508. The van der Waals surface area contributed by atoms with E-state index >= 15 is 0 Å². The molecular formula is C11H14ClN3S. The van der Waals surface area contributed by atoms with Crippen molar-refractivity contribution < 1.29 is 0 Å². The number of nitrogens with two attached hydrogens (primary N) is 1. The van der Waals surface area contributed by atoms with Crippen molar-refractivity contribution in [1.82, 2.24) is 9.78 Å². The van der Waals surface area contributed by atoms with Gasteiger partial charge in [-0.05, 0) is 32.9 Å². The van der Waals surface area contributed by atoms with Crippen LogP contribution >= 0.6 is 22.9 Å². The zero-order chi connectivity index (χ0) is 11.9. The minimum absolute atomic E-state index is 0.0621. The van der Waals surface area contributed by atoms with E-state index in [-0.39, 0.29) is 5.54 Å². The van der Waals surface area contributed by atoms with Crippen molar-refractivity contribution in [2.45, 2.75) is 26.3 Å². The molecule has 5 heteroatoms. The van der Waals surface area contributed by atoms with E-state index in [0.29, 0.717) is 5.69 Å². The first-order chi connectivity index (χ1) is 7.38. The monoisotopic (exact) mass is 255 g/mol. The zero-order valence-corrected chi connectivity index (χ0v) is 11.1. The molecule has 0 saturated heterocycles. The van der Waals surface area contributed by atoms with Crippen molar-refractivity contribution in [2.75, 3.05) is 5.73 Å². The number of hydrogen-bond donors (Lipinski definition) is 1. The summed E-state index contributed by atoms with van der Waals surface area (Å²) in [4.78, 5) is 1.01. The largest absolute Gasteiger partial charge is 0.396 e. The summed E-state index contributed by atoms with van der Waals surface area (Å²) in [7, 11) is 0. The molecule has 0 atom stereocenters. The molecule has 0 aliphatic carbocycles. The van der Waals surface area contributed by atoms with E-state index in [9.17, 15) is 0 Å². The first kappa shape index (κ1) is 11.5. The third-order valence-corrected chi connectivity index (χ3v) is 3.47. The SMILES string of the molecule is CC(C)(C)n1cc(N)c(-c2ccc(Cl)s2)n1. The number of anilines is 1. The minimum Gasteiger partial charge on any atom is -0.396 e. The maximum absolute atomic E-state index is 5.96. The molecule has 0 bridgehead atoms. The molecule has 0 fully saturated rings. The van der Waals surface area contributed by atoms with E-state index in [0.717, 1.165) is 14.9 Å². The molecule has 0 amide bonds. The van der Waals surface area contributed by atoms with E-state index in [2.05, 4.69) is 25.9 Å². The Morgan fingerprint density at radius 2 is 2.06 bits per heavy atom. The lowest BCUT2D eigenvalue weighted by Gasteiger charge is -2.18. The van der Waals surface area contributed by atoms with Crippen LogP contribution in [0.15, 0.2) is 18.3 Å². The fourth-order valence-electron chi connectivity index (χ4n) is 1.36. The van der Waals surface area contributed by atoms with E-state index in [1.165, 1.54) is 11.3 Å². The molecule has 0 unspecified atom stereocenters. The molecule has 16 heavy (non-hydrogen) atoms. The predicted molar refractivity (Wildman–Crippen MR) is 70.0 cm³/mol. The van der Waals surface area contributed by atoms with Gasteiger partial charge in [0.25, 0.3) is 0 Å². The van der Waals surface area contributed by atoms with Gasteiger partial charge in [-0.3, -0.25) is 4.68 Å². The van der Waals surface area contributed by atoms with Gasteiger partial charge in [0.05, 0.1) is 20.4 Å². The topological polar surface area (TPSA) is 43.8 Å². The minimum atomic E-state index is -0.0621. The van der Waals surface area contributed by atoms with Gasteiger partial charge in [-0.1, -0.05) is 11.6 Å². The molecule has 2 rings (SSSR count). The summed E-state index contributed by atoms with van der Waals surface area (Å²) >= 11 is 7.39. The van der Waals surface area contributed by atoms with E-state index in [1.54, 1.807) is 0 Å². The highest BCUT2D eigenvalue weighted by Crippen LogP contribution is 2.34. The maximum Gasteiger partial charge on any atom is 0.125 e. The quantitative estimate of drug-likeness (QED) is 0.846. The highest BCUT2D eigenvalue weighted by atomic mass is 35.5. The molecule has 2 aromatic rings. The van der Waals surface area contributed by atoms with Crippen LogP contribution in [0.2, 0.25) is 4.34 Å². The Kier molecular flexibility index (Phi) is 2.72. The molecule has 0 spiro atoms. The molecule has 2 heterocycles. The number of aromatic nitrogens is 2. The van der Waals surface area contributed by atoms with Crippen molar-refractivity contribution in [3.63, 3.8) is 0 Å². The molecule has 86 valence electrons. The van der Waals surface area contributed by atoms with Gasteiger partial charge < -0.3 is 5.73 Å². The van der Waals surface area contributed by atoms with E-state index in [1.807, 2.05) is 23.0 Å². The Morgan fingerprint density at radius 1 is 1.38 bits per heavy atom. The number of thiophene rings is 1. The second kappa shape index (κ2) is 3.79. The molecule has 2 aromatic heterocycles. The number of hydrogen-bond acceptors (Lipinski definition) is 3. The molecule has 2 N–H and O–H groups in total. The molecule has 0 saturated carbocycles. The smallest absolute Gasteiger partial charge is 0.125 e.